The summed E-state index contributed by atoms with van der Waals surface area (Å²) in [5, 5.41) is 20.0. The third kappa shape index (κ3) is 11.2. The lowest BCUT2D eigenvalue weighted by molar-refractivity contribution is -0.147. The average Bonchev–Trinajstić information content (AvgIpc) is 3.59. The summed E-state index contributed by atoms with van der Waals surface area (Å²) in [7, 11) is 0. The summed E-state index contributed by atoms with van der Waals surface area (Å²) in [5.41, 5.74) is 1.97. The molecule has 52 heavy (non-hydrogen) atoms. The van der Waals surface area contributed by atoms with E-state index in [1.165, 1.54) is 16.7 Å². The third-order valence-electron chi connectivity index (χ3n) is 8.47. The summed E-state index contributed by atoms with van der Waals surface area (Å²) in [6.07, 6.45) is 2.06. The van der Waals surface area contributed by atoms with Crippen molar-refractivity contribution < 1.29 is 38.6 Å². The molecule has 14 heteroatoms. The quantitative estimate of drug-likeness (QED) is 0.200. The van der Waals surface area contributed by atoms with Gasteiger partial charge in [-0.3, -0.25) is 24.0 Å². The largest absolute Gasteiger partial charge is 0.483 e. The van der Waals surface area contributed by atoms with Crippen LogP contribution in [0.2, 0.25) is 0 Å². The molecular weight excluding hydrogens is 687 g/mol. The highest BCUT2D eigenvalue weighted by Gasteiger charge is 2.41. The number of nitrogens with zero attached hydrogens (tertiary/aromatic N) is 2. The van der Waals surface area contributed by atoms with Crippen LogP contribution in [0, 0.1) is 5.92 Å². The van der Waals surface area contributed by atoms with Crippen LogP contribution in [0.25, 0.3) is 6.08 Å². The summed E-state index contributed by atoms with van der Waals surface area (Å²) in [4.78, 5) is 68.9. The maximum Gasteiger partial charge on any atom is 0.325 e. The fourth-order valence-electron chi connectivity index (χ4n) is 5.92. The van der Waals surface area contributed by atoms with Crippen LogP contribution in [0.15, 0.2) is 54.7 Å². The standard InChI is InChI=1S/C38H51N5O8S/c1-7-50-32(45)20-42-17-16-27-26(19-42)14-11-15-30(27)51-21-31(44)40-33(24(2)3)36(48)39-28(18-25-12-9-8-10-13-25)34(46)37(49)43-23-52-22-29(43)35(47)41-38(4,5)6/h8-17,24,28-29,33-34,46H,7,18-23H2,1-6H3,(H,39,48)(H,40,44)(H,41,47)/t28-,29-,33-,34-/m0/s1. The van der Waals surface area contributed by atoms with Crippen molar-refractivity contribution >= 4 is 47.4 Å². The van der Waals surface area contributed by atoms with Crippen LogP contribution in [0.5, 0.6) is 5.75 Å². The number of rotatable bonds is 15. The molecule has 4 atom stereocenters. The smallest absolute Gasteiger partial charge is 0.325 e. The molecule has 2 aliphatic rings. The molecule has 1 saturated heterocycles. The van der Waals surface area contributed by atoms with Gasteiger partial charge in [0.05, 0.1) is 18.5 Å². The van der Waals surface area contributed by atoms with E-state index in [0.29, 0.717) is 24.7 Å². The number of aliphatic hydroxyl groups excluding tert-OH is 1. The highest BCUT2D eigenvalue weighted by Crippen LogP contribution is 2.29. The second-order valence-electron chi connectivity index (χ2n) is 14.2. The van der Waals surface area contributed by atoms with Crippen molar-refractivity contribution in [3.63, 3.8) is 0 Å². The van der Waals surface area contributed by atoms with E-state index in [-0.39, 0.29) is 43.2 Å². The van der Waals surface area contributed by atoms with E-state index in [2.05, 4.69) is 16.0 Å². The fraction of sp³-hybridized carbons (Fsp3) is 0.500. The molecule has 0 aliphatic carbocycles. The second-order valence-corrected chi connectivity index (χ2v) is 15.2. The normalized spacial score (nSPS) is 17.1. The second kappa shape index (κ2) is 18.3. The Morgan fingerprint density at radius 1 is 1.02 bits per heavy atom. The molecule has 2 heterocycles. The zero-order valence-corrected chi connectivity index (χ0v) is 31.5. The minimum atomic E-state index is -1.66. The number of carbonyl (C=O) groups excluding carboxylic acids is 5. The number of thioether (sulfide) groups is 1. The third-order valence-corrected chi connectivity index (χ3v) is 9.48. The summed E-state index contributed by atoms with van der Waals surface area (Å²) >= 11 is 1.41. The van der Waals surface area contributed by atoms with Crippen molar-refractivity contribution in [3.8, 4) is 5.75 Å². The van der Waals surface area contributed by atoms with E-state index in [1.807, 2.05) is 68.1 Å². The van der Waals surface area contributed by atoms with Crippen molar-refractivity contribution in [2.75, 3.05) is 31.4 Å². The van der Waals surface area contributed by atoms with Crippen LogP contribution >= 0.6 is 11.8 Å². The zero-order chi connectivity index (χ0) is 38.0. The number of carbonyl (C=O) groups is 5. The Kier molecular flexibility index (Phi) is 14.1. The number of esters is 1. The average molecular weight is 738 g/mol. The minimum Gasteiger partial charge on any atom is -0.483 e. The lowest BCUT2D eigenvalue weighted by Crippen LogP contribution is -2.60. The number of benzene rings is 2. The molecule has 4 rings (SSSR count). The van der Waals surface area contributed by atoms with Gasteiger partial charge in [0.1, 0.15) is 24.4 Å². The molecule has 0 aromatic heterocycles. The van der Waals surface area contributed by atoms with E-state index in [4.69, 9.17) is 9.47 Å². The number of fused-ring (bicyclic) bond motifs is 1. The van der Waals surface area contributed by atoms with E-state index < -0.39 is 47.5 Å². The maximum absolute atomic E-state index is 13.8. The van der Waals surface area contributed by atoms with Gasteiger partial charge in [0.25, 0.3) is 11.8 Å². The van der Waals surface area contributed by atoms with Gasteiger partial charge in [-0.05, 0) is 63.3 Å². The molecule has 2 aromatic carbocycles. The highest BCUT2D eigenvalue weighted by molar-refractivity contribution is 7.99. The number of hydrogen-bond donors (Lipinski definition) is 4. The van der Waals surface area contributed by atoms with Crippen LogP contribution in [0.1, 0.15) is 58.2 Å². The van der Waals surface area contributed by atoms with E-state index in [1.54, 1.807) is 39.1 Å². The Bertz CT molecular complexity index is 1610. The topological polar surface area (TPSA) is 167 Å². The molecule has 4 N–H and O–H groups in total. The Morgan fingerprint density at radius 3 is 2.42 bits per heavy atom. The maximum atomic E-state index is 13.8. The van der Waals surface area contributed by atoms with Crippen molar-refractivity contribution in [3.05, 3.63) is 71.4 Å². The van der Waals surface area contributed by atoms with Gasteiger partial charge in [-0.2, -0.15) is 0 Å². The fourth-order valence-corrected chi connectivity index (χ4v) is 7.09. The van der Waals surface area contributed by atoms with Gasteiger partial charge in [0.2, 0.25) is 11.8 Å². The predicted molar refractivity (Wildman–Crippen MR) is 199 cm³/mol. The van der Waals surface area contributed by atoms with E-state index >= 15 is 0 Å². The molecule has 4 amide bonds. The van der Waals surface area contributed by atoms with Crippen LogP contribution in [0.4, 0.5) is 0 Å². The van der Waals surface area contributed by atoms with Crippen molar-refractivity contribution in [2.45, 2.75) is 84.3 Å². The summed E-state index contributed by atoms with van der Waals surface area (Å²) in [6, 6.07) is 11.8. The van der Waals surface area contributed by atoms with Gasteiger partial charge in [-0.25, -0.2) is 0 Å². The van der Waals surface area contributed by atoms with Crippen LogP contribution in [-0.4, -0.2) is 106 Å². The molecule has 0 bridgehead atoms. The molecule has 0 radical (unpaired) electrons. The monoisotopic (exact) mass is 737 g/mol. The minimum absolute atomic E-state index is 0.111. The Labute approximate surface area is 309 Å². The number of amides is 4. The summed E-state index contributed by atoms with van der Waals surface area (Å²) < 4.78 is 10.9. The molecule has 2 aromatic rings. The molecular formula is C38H51N5O8S. The Morgan fingerprint density at radius 2 is 1.75 bits per heavy atom. The van der Waals surface area contributed by atoms with Gasteiger partial charge in [0, 0.05) is 29.6 Å². The lowest BCUT2D eigenvalue weighted by atomic mass is 9.97. The lowest BCUT2D eigenvalue weighted by Gasteiger charge is -2.32. The Balaban J connectivity index is 1.43. The number of ether oxygens (including phenoxy) is 2. The first kappa shape index (κ1) is 40.2. The number of hydrogen-bond acceptors (Lipinski definition) is 10. The van der Waals surface area contributed by atoms with Crippen LogP contribution in [0.3, 0.4) is 0 Å². The zero-order valence-electron chi connectivity index (χ0n) is 30.7. The highest BCUT2D eigenvalue weighted by atomic mass is 32.2. The van der Waals surface area contributed by atoms with Crippen molar-refractivity contribution in [2.24, 2.45) is 5.92 Å². The first-order chi connectivity index (χ1) is 24.7. The molecule has 2 aliphatic heterocycles. The first-order valence-electron chi connectivity index (χ1n) is 17.5. The molecule has 13 nitrogen and oxygen atoms in total. The van der Waals surface area contributed by atoms with Gasteiger partial charge in [0.15, 0.2) is 12.7 Å². The molecule has 1 fully saturated rings. The van der Waals surface area contributed by atoms with E-state index in [9.17, 15) is 29.1 Å². The molecule has 0 unspecified atom stereocenters. The molecule has 282 valence electrons. The SMILES string of the molecule is CCOC(=O)CN1C=Cc2c(cccc2OCC(=O)N[C@H](C(=O)N[C@@H](Cc2ccccc2)[C@H](O)C(=O)N2CSC[C@H]2C(=O)NC(C)(C)C)C(C)C)C1. The van der Waals surface area contributed by atoms with Gasteiger partial charge < -0.3 is 40.3 Å². The first-order valence-corrected chi connectivity index (χ1v) is 18.7. The van der Waals surface area contributed by atoms with Crippen LogP contribution in [-0.2, 0) is 41.7 Å². The number of aliphatic hydroxyl groups is 1. The predicted octanol–water partition coefficient (Wildman–Crippen LogP) is 2.46. The van der Waals surface area contributed by atoms with Crippen molar-refractivity contribution in [1.29, 1.82) is 0 Å². The number of nitrogens with one attached hydrogen (secondary N) is 3. The van der Waals surface area contributed by atoms with E-state index in [0.717, 1.165) is 16.7 Å². The molecule has 0 spiro atoms. The molecule has 0 saturated carbocycles. The Hall–Kier alpha value is -4.56. The summed E-state index contributed by atoms with van der Waals surface area (Å²) in [6.45, 7) is 11.4. The van der Waals surface area contributed by atoms with Gasteiger partial charge >= 0.3 is 5.97 Å². The van der Waals surface area contributed by atoms with Crippen LogP contribution < -0.4 is 20.7 Å². The van der Waals surface area contributed by atoms with Gasteiger partial charge in [-0.1, -0.05) is 56.3 Å². The summed E-state index contributed by atoms with van der Waals surface area (Å²) in [5.74, 6) is -1.68. The van der Waals surface area contributed by atoms with Gasteiger partial charge in [-0.15, -0.1) is 11.8 Å². The van der Waals surface area contributed by atoms with Crippen molar-refractivity contribution in [1.82, 2.24) is 25.8 Å².